The molecule has 0 saturated heterocycles. The molecule has 2 rings (SSSR count). The van der Waals surface area contributed by atoms with Crippen LogP contribution < -0.4 is 14.8 Å². The van der Waals surface area contributed by atoms with Gasteiger partial charge in [0.2, 0.25) is 15.9 Å². The normalized spacial score (nSPS) is 10.9. The SMILES string of the molecule is COC(=O)c1ccccc1NC(=O)CNS(=O)(=O)c1cc(C)ccc1OC. The molecule has 8 nitrogen and oxygen atoms in total. The first-order valence-electron chi connectivity index (χ1n) is 7.90. The van der Waals surface area contributed by atoms with E-state index in [1.165, 1.54) is 38.5 Å². The number of para-hydroxylation sites is 1. The summed E-state index contributed by atoms with van der Waals surface area (Å²) in [4.78, 5) is 23.8. The number of hydrogen-bond acceptors (Lipinski definition) is 6. The maximum Gasteiger partial charge on any atom is 0.339 e. The van der Waals surface area contributed by atoms with E-state index >= 15 is 0 Å². The number of amides is 1. The first-order valence-corrected chi connectivity index (χ1v) is 9.38. The van der Waals surface area contributed by atoms with E-state index in [0.29, 0.717) is 0 Å². The summed E-state index contributed by atoms with van der Waals surface area (Å²) in [6.07, 6.45) is 0. The van der Waals surface area contributed by atoms with Crippen LogP contribution in [-0.2, 0) is 19.6 Å². The second-order valence-electron chi connectivity index (χ2n) is 5.56. The lowest BCUT2D eigenvalue weighted by Gasteiger charge is -2.12. The van der Waals surface area contributed by atoms with Crippen LogP contribution in [0.4, 0.5) is 5.69 Å². The van der Waals surface area contributed by atoms with E-state index in [1.807, 2.05) is 0 Å². The summed E-state index contributed by atoms with van der Waals surface area (Å²) in [5, 5.41) is 2.49. The number of carbonyl (C=O) groups is 2. The molecule has 9 heteroatoms. The van der Waals surface area contributed by atoms with Crippen molar-refractivity contribution in [2.45, 2.75) is 11.8 Å². The van der Waals surface area contributed by atoms with E-state index in [-0.39, 0.29) is 21.9 Å². The lowest BCUT2D eigenvalue weighted by Crippen LogP contribution is -2.33. The molecular weight excluding hydrogens is 372 g/mol. The van der Waals surface area contributed by atoms with Crippen LogP contribution in [-0.4, -0.2) is 41.1 Å². The van der Waals surface area contributed by atoms with Crippen LogP contribution in [0.1, 0.15) is 15.9 Å². The van der Waals surface area contributed by atoms with E-state index in [9.17, 15) is 18.0 Å². The third-order valence-electron chi connectivity index (χ3n) is 3.64. The summed E-state index contributed by atoms with van der Waals surface area (Å²) < 4.78 is 36.9. The van der Waals surface area contributed by atoms with Gasteiger partial charge >= 0.3 is 5.97 Å². The molecule has 0 aliphatic heterocycles. The fourth-order valence-electron chi connectivity index (χ4n) is 2.31. The van der Waals surface area contributed by atoms with Gasteiger partial charge in [0.25, 0.3) is 0 Å². The number of esters is 1. The van der Waals surface area contributed by atoms with Crippen LogP contribution in [0.15, 0.2) is 47.4 Å². The lowest BCUT2D eigenvalue weighted by atomic mass is 10.2. The van der Waals surface area contributed by atoms with Crippen LogP contribution in [0.5, 0.6) is 5.75 Å². The topological polar surface area (TPSA) is 111 Å². The number of aryl methyl sites for hydroxylation is 1. The summed E-state index contributed by atoms with van der Waals surface area (Å²) in [6.45, 7) is 1.23. The minimum absolute atomic E-state index is 0.0623. The van der Waals surface area contributed by atoms with Gasteiger partial charge in [-0.3, -0.25) is 4.79 Å². The molecule has 0 atom stereocenters. The number of sulfonamides is 1. The van der Waals surface area contributed by atoms with Gasteiger partial charge in [0.15, 0.2) is 0 Å². The van der Waals surface area contributed by atoms with Crippen molar-refractivity contribution in [2.24, 2.45) is 0 Å². The highest BCUT2D eigenvalue weighted by atomic mass is 32.2. The predicted molar refractivity (Wildman–Crippen MR) is 99.3 cm³/mol. The van der Waals surface area contributed by atoms with Crippen molar-refractivity contribution in [1.82, 2.24) is 4.72 Å². The van der Waals surface area contributed by atoms with Gasteiger partial charge in [0.05, 0.1) is 32.0 Å². The molecule has 2 aromatic rings. The number of nitrogens with one attached hydrogen (secondary N) is 2. The number of rotatable bonds is 7. The maximum atomic E-state index is 12.5. The van der Waals surface area contributed by atoms with Gasteiger partial charge in [-0.05, 0) is 36.8 Å². The molecule has 0 bridgehead atoms. The second kappa shape index (κ2) is 8.65. The molecular formula is C18H20N2O6S. The van der Waals surface area contributed by atoms with E-state index in [1.54, 1.807) is 25.1 Å². The largest absolute Gasteiger partial charge is 0.495 e. The number of ether oxygens (including phenoxy) is 2. The Labute approximate surface area is 157 Å². The highest BCUT2D eigenvalue weighted by molar-refractivity contribution is 7.89. The highest BCUT2D eigenvalue weighted by Crippen LogP contribution is 2.24. The van der Waals surface area contributed by atoms with Crippen LogP contribution in [0, 0.1) is 6.92 Å². The van der Waals surface area contributed by atoms with Crippen LogP contribution in [0.3, 0.4) is 0 Å². The van der Waals surface area contributed by atoms with Gasteiger partial charge in [-0.25, -0.2) is 17.9 Å². The second-order valence-corrected chi connectivity index (χ2v) is 7.30. The van der Waals surface area contributed by atoms with Gasteiger partial charge in [-0.2, -0.15) is 0 Å². The molecule has 0 spiro atoms. The molecule has 2 aromatic carbocycles. The Morgan fingerprint density at radius 2 is 1.78 bits per heavy atom. The standard InChI is InChI=1S/C18H20N2O6S/c1-12-8-9-15(25-2)16(10-12)27(23,24)19-11-17(21)20-14-7-5-4-6-13(14)18(22)26-3/h4-10,19H,11H2,1-3H3,(H,20,21). The van der Waals surface area contributed by atoms with Crippen molar-refractivity contribution >= 4 is 27.6 Å². The van der Waals surface area contributed by atoms with Crippen molar-refractivity contribution in [2.75, 3.05) is 26.1 Å². The Balaban J connectivity index is 2.12. The van der Waals surface area contributed by atoms with Gasteiger partial charge in [0, 0.05) is 0 Å². The van der Waals surface area contributed by atoms with Crippen molar-refractivity contribution in [1.29, 1.82) is 0 Å². The quantitative estimate of drug-likeness (QED) is 0.694. The van der Waals surface area contributed by atoms with Crippen LogP contribution >= 0.6 is 0 Å². The summed E-state index contributed by atoms with van der Waals surface area (Å²) in [6, 6.07) is 11.0. The van der Waals surface area contributed by atoms with E-state index < -0.39 is 28.4 Å². The average Bonchev–Trinajstić information content (AvgIpc) is 2.66. The number of hydrogen-bond donors (Lipinski definition) is 2. The van der Waals surface area contributed by atoms with Crippen molar-refractivity contribution in [3.05, 3.63) is 53.6 Å². The smallest absolute Gasteiger partial charge is 0.339 e. The number of benzene rings is 2. The molecule has 0 heterocycles. The third-order valence-corrected chi connectivity index (χ3v) is 5.06. The number of carbonyl (C=O) groups excluding carboxylic acids is 2. The Morgan fingerprint density at radius 3 is 2.44 bits per heavy atom. The number of anilines is 1. The predicted octanol–water partition coefficient (Wildman–Crippen LogP) is 1.71. The fourth-order valence-corrected chi connectivity index (χ4v) is 3.54. The minimum Gasteiger partial charge on any atom is -0.495 e. The molecule has 144 valence electrons. The molecule has 27 heavy (non-hydrogen) atoms. The fraction of sp³-hybridized carbons (Fsp3) is 0.222. The zero-order valence-corrected chi connectivity index (χ0v) is 15.9. The Morgan fingerprint density at radius 1 is 1.07 bits per heavy atom. The first kappa shape index (κ1) is 20.4. The molecule has 0 fully saturated rings. The summed E-state index contributed by atoms with van der Waals surface area (Å²) >= 11 is 0. The molecule has 0 saturated carbocycles. The summed E-state index contributed by atoms with van der Waals surface area (Å²) in [5.74, 6) is -1.08. The van der Waals surface area contributed by atoms with Crippen molar-refractivity contribution in [3.63, 3.8) is 0 Å². The van der Waals surface area contributed by atoms with E-state index in [0.717, 1.165) is 5.56 Å². The van der Waals surface area contributed by atoms with Crippen molar-refractivity contribution in [3.8, 4) is 5.75 Å². The monoisotopic (exact) mass is 392 g/mol. The average molecular weight is 392 g/mol. The zero-order chi connectivity index (χ0) is 20.0. The highest BCUT2D eigenvalue weighted by Gasteiger charge is 2.21. The molecule has 0 aliphatic carbocycles. The Hall–Kier alpha value is -2.91. The minimum atomic E-state index is -3.97. The molecule has 1 amide bonds. The van der Waals surface area contributed by atoms with Gasteiger partial charge in [-0.1, -0.05) is 18.2 Å². The number of methoxy groups -OCH3 is 2. The van der Waals surface area contributed by atoms with Crippen LogP contribution in [0.2, 0.25) is 0 Å². The first-order chi connectivity index (χ1) is 12.8. The van der Waals surface area contributed by atoms with Gasteiger partial charge in [-0.15, -0.1) is 0 Å². The summed E-state index contributed by atoms with van der Waals surface area (Å²) in [5.41, 5.74) is 1.12. The van der Waals surface area contributed by atoms with Gasteiger partial charge < -0.3 is 14.8 Å². The molecule has 0 aliphatic rings. The van der Waals surface area contributed by atoms with Crippen molar-refractivity contribution < 1.29 is 27.5 Å². The molecule has 2 N–H and O–H groups in total. The maximum absolute atomic E-state index is 12.5. The third kappa shape index (κ3) is 5.05. The molecule has 0 aromatic heterocycles. The Kier molecular flexibility index (Phi) is 6.54. The van der Waals surface area contributed by atoms with Crippen LogP contribution in [0.25, 0.3) is 0 Å². The lowest BCUT2D eigenvalue weighted by molar-refractivity contribution is -0.115. The Bertz CT molecular complexity index is 956. The molecule has 0 radical (unpaired) electrons. The summed E-state index contributed by atoms with van der Waals surface area (Å²) in [7, 11) is -1.38. The molecule has 0 unspecified atom stereocenters. The van der Waals surface area contributed by atoms with Gasteiger partial charge in [0.1, 0.15) is 10.6 Å². The van der Waals surface area contributed by atoms with E-state index in [4.69, 9.17) is 4.74 Å². The zero-order valence-electron chi connectivity index (χ0n) is 15.1. The van der Waals surface area contributed by atoms with E-state index in [2.05, 4.69) is 14.8 Å².